The number of nitrogens with zero attached hydrogens (tertiary/aromatic N) is 4. The Bertz CT molecular complexity index is 560. The molecule has 1 aliphatic heterocycles. The fourth-order valence-electron chi connectivity index (χ4n) is 2.96. The lowest BCUT2D eigenvalue weighted by Crippen LogP contribution is -2.34. The maximum Gasteiger partial charge on any atom is 0.230 e. The van der Waals surface area contributed by atoms with Gasteiger partial charge < -0.3 is 4.42 Å². The highest BCUT2D eigenvalue weighted by atomic mass is 16.4. The van der Waals surface area contributed by atoms with Crippen molar-refractivity contribution < 1.29 is 4.42 Å². The minimum Gasteiger partial charge on any atom is -0.424 e. The molecule has 1 unspecified atom stereocenters. The number of hydrogen-bond donors (Lipinski definition) is 1. The average molecular weight is 273 g/mol. The Morgan fingerprint density at radius 1 is 1.25 bits per heavy atom. The molecule has 2 aliphatic rings. The Hall–Kier alpha value is -1.69. The van der Waals surface area contributed by atoms with Crippen LogP contribution in [-0.2, 0) is 6.54 Å². The van der Waals surface area contributed by atoms with Crippen molar-refractivity contribution in [2.75, 3.05) is 13.1 Å². The highest BCUT2D eigenvalue weighted by Gasteiger charge is 2.30. The second-order valence-electron chi connectivity index (χ2n) is 5.89. The number of H-pyrrole nitrogens is 1. The average Bonchev–Trinajstić information content (AvgIpc) is 3.00. The molecule has 2 aromatic heterocycles. The first kappa shape index (κ1) is 12.1. The molecule has 3 heterocycles. The Balaban J connectivity index is 1.40. The summed E-state index contributed by atoms with van der Waals surface area (Å²) in [6, 6.07) is 2.08. The summed E-state index contributed by atoms with van der Waals surface area (Å²) in [6.07, 6.45) is 6.65. The fourth-order valence-corrected chi connectivity index (χ4v) is 2.96. The molecule has 1 saturated heterocycles. The molecule has 1 saturated carbocycles. The predicted molar refractivity (Wildman–Crippen MR) is 72.1 cm³/mol. The van der Waals surface area contributed by atoms with Crippen LogP contribution in [0.15, 0.2) is 16.7 Å². The van der Waals surface area contributed by atoms with Gasteiger partial charge in [-0.3, -0.25) is 10.00 Å². The van der Waals surface area contributed by atoms with E-state index in [1.54, 1.807) is 0 Å². The third-order valence-corrected chi connectivity index (χ3v) is 4.24. The molecule has 106 valence electrons. The lowest BCUT2D eigenvalue weighted by molar-refractivity contribution is 0.181. The molecule has 0 bridgehead atoms. The van der Waals surface area contributed by atoms with Crippen molar-refractivity contribution in [1.29, 1.82) is 0 Å². The summed E-state index contributed by atoms with van der Waals surface area (Å²) in [5.41, 5.74) is 1.24. The van der Waals surface area contributed by atoms with Gasteiger partial charge in [-0.25, -0.2) is 0 Å². The van der Waals surface area contributed by atoms with Crippen molar-refractivity contribution in [2.24, 2.45) is 0 Å². The van der Waals surface area contributed by atoms with E-state index < -0.39 is 0 Å². The Labute approximate surface area is 117 Å². The predicted octanol–water partition coefficient (Wildman–Crippen LogP) is 2.05. The van der Waals surface area contributed by atoms with E-state index in [1.165, 1.54) is 31.4 Å². The van der Waals surface area contributed by atoms with E-state index in [0.717, 1.165) is 31.4 Å². The van der Waals surface area contributed by atoms with Crippen molar-refractivity contribution in [3.8, 4) is 0 Å². The van der Waals surface area contributed by atoms with Gasteiger partial charge in [0.1, 0.15) is 0 Å². The highest BCUT2D eigenvalue weighted by molar-refractivity contribution is 5.07. The molecule has 1 aliphatic carbocycles. The minimum absolute atomic E-state index is 0.537. The van der Waals surface area contributed by atoms with Crippen LogP contribution in [-0.4, -0.2) is 38.4 Å². The third kappa shape index (κ3) is 2.47. The summed E-state index contributed by atoms with van der Waals surface area (Å²) in [5.74, 6) is 2.67. The Morgan fingerprint density at radius 3 is 3.00 bits per heavy atom. The van der Waals surface area contributed by atoms with Crippen LogP contribution in [0.25, 0.3) is 0 Å². The van der Waals surface area contributed by atoms with E-state index in [9.17, 15) is 0 Å². The molecule has 1 atom stereocenters. The molecule has 20 heavy (non-hydrogen) atoms. The molecule has 6 nitrogen and oxygen atoms in total. The third-order valence-electron chi connectivity index (χ3n) is 4.24. The summed E-state index contributed by atoms with van der Waals surface area (Å²) < 4.78 is 5.75. The maximum absolute atomic E-state index is 5.75. The topological polar surface area (TPSA) is 70.8 Å². The normalized spacial score (nSPS) is 24.1. The number of hydrogen-bond acceptors (Lipinski definition) is 5. The maximum atomic E-state index is 5.75. The zero-order chi connectivity index (χ0) is 13.4. The van der Waals surface area contributed by atoms with Crippen molar-refractivity contribution in [3.05, 3.63) is 29.7 Å². The van der Waals surface area contributed by atoms with Crippen molar-refractivity contribution in [3.63, 3.8) is 0 Å². The largest absolute Gasteiger partial charge is 0.424 e. The van der Waals surface area contributed by atoms with Gasteiger partial charge in [0, 0.05) is 30.3 Å². The lowest BCUT2D eigenvalue weighted by atomic mass is 9.95. The molecule has 0 radical (unpaired) electrons. The molecular formula is C14H19N5O. The smallest absolute Gasteiger partial charge is 0.230 e. The first-order valence-corrected chi connectivity index (χ1v) is 7.42. The Morgan fingerprint density at radius 2 is 2.20 bits per heavy atom. The van der Waals surface area contributed by atoms with Gasteiger partial charge in [0.05, 0.1) is 6.54 Å². The SMILES string of the molecule is c1cc(C2CCCN(Cc3nnc(C4CC4)o3)C2)[nH]n1. The van der Waals surface area contributed by atoms with E-state index in [4.69, 9.17) is 4.42 Å². The van der Waals surface area contributed by atoms with Crippen LogP contribution in [0.1, 0.15) is 55.0 Å². The first-order chi connectivity index (χ1) is 9.88. The summed E-state index contributed by atoms with van der Waals surface area (Å²) in [6.45, 7) is 2.90. The van der Waals surface area contributed by atoms with Gasteiger partial charge in [0.2, 0.25) is 11.8 Å². The summed E-state index contributed by atoms with van der Waals surface area (Å²) >= 11 is 0. The quantitative estimate of drug-likeness (QED) is 0.923. The molecule has 0 aromatic carbocycles. The fraction of sp³-hybridized carbons (Fsp3) is 0.643. The second kappa shape index (κ2) is 5.01. The van der Waals surface area contributed by atoms with Crippen molar-refractivity contribution in [1.82, 2.24) is 25.3 Å². The molecule has 0 spiro atoms. The molecule has 2 aromatic rings. The van der Waals surface area contributed by atoms with Crippen molar-refractivity contribution >= 4 is 0 Å². The van der Waals surface area contributed by atoms with Crippen LogP contribution < -0.4 is 0 Å². The number of aromatic amines is 1. The zero-order valence-electron chi connectivity index (χ0n) is 11.5. The van der Waals surface area contributed by atoms with Crippen LogP contribution >= 0.6 is 0 Å². The van der Waals surface area contributed by atoms with Gasteiger partial charge >= 0.3 is 0 Å². The minimum atomic E-state index is 0.537. The molecule has 2 fully saturated rings. The van der Waals surface area contributed by atoms with Crippen molar-refractivity contribution in [2.45, 2.75) is 44.1 Å². The van der Waals surface area contributed by atoms with E-state index in [0.29, 0.717) is 11.8 Å². The first-order valence-electron chi connectivity index (χ1n) is 7.42. The standard InChI is InChI=1S/C14H19N5O/c1-2-11(12-5-6-15-16-12)8-19(7-1)9-13-17-18-14(20-13)10-3-4-10/h5-6,10-11H,1-4,7-9H2,(H,15,16). The number of aromatic nitrogens is 4. The van der Waals surface area contributed by atoms with Gasteiger partial charge in [-0.15, -0.1) is 10.2 Å². The van der Waals surface area contributed by atoms with E-state index in [-0.39, 0.29) is 0 Å². The van der Waals surface area contributed by atoms with E-state index in [1.807, 2.05) is 6.20 Å². The van der Waals surface area contributed by atoms with Crippen LogP contribution in [0.5, 0.6) is 0 Å². The Kier molecular flexibility index (Phi) is 3.03. The van der Waals surface area contributed by atoms with Crippen LogP contribution in [0, 0.1) is 0 Å². The highest BCUT2D eigenvalue weighted by Crippen LogP contribution is 2.39. The van der Waals surface area contributed by atoms with Gasteiger partial charge in [0.25, 0.3) is 0 Å². The molecule has 1 N–H and O–H groups in total. The number of rotatable bonds is 4. The van der Waals surface area contributed by atoms with Crippen LogP contribution in [0.2, 0.25) is 0 Å². The summed E-state index contributed by atoms with van der Waals surface area (Å²) in [7, 11) is 0. The summed E-state index contributed by atoms with van der Waals surface area (Å²) in [4.78, 5) is 2.40. The van der Waals surface area contributed by atoms with E-state index in [2.05, 4.69) is 31.4 Å². The monoisotopic (exact) mass is 273 g/mol. The van der Waals surface area contributed by atoms with Gasteiger partial charge in [-0.1, -0.05) is 0 Å². The van der Waals surface area contributed by atoms with Crippen LogP contribution in [0.4, 0.5) is 0 Å². The van der Waals surface area contributed by atoms with Gasteiger partial charge in [0.15, 0.2) is 0 Å². The second-order valence-corrected chi connectivity index (χ2v) is 5.89. The number of nitrogens with one attached hydrogen (secondary N) is 1. The zero-order valence-corrected chi connectivity index (χ0v) is 11.5. The summed E-state index contributed by atoms with van der Waals surface area (Å²) in [5, 5.41) is 15.5. The number of piperidine rings is 1. The lowest BCUT2D eigenvalue weighted by Gasteiger charge is -2.31. The van der Waals surface area contributed by atoms with Crippen LogP contribution in [0.3, 0.4) is 0 Å². The molecule has 4 rings (SSSR count). The van der Waals surface area contributed by atoms with Gasteiger partial charge in [-0.05, 0) is 38.3 Å². The molecule has 0 amide bonds. The number of likely N-dealkylation sites (tertiary alicyclic amines) is 1. The molecular weight excluding hydrogens is 254 g/mol. The van der Waals surface area contributed by atoms with E-state index >= 15 is 0 Å². The van der Waals surface area contributed by atoms with Gasteiger partial charge in [-0.2, -0.15) is 5.10 Å². The molecule has 6 heteroatoms.